The van der Waals surface area contributed by atoms with Crippen LogP contribution < -0.4 is 4.74 Å². The van der Waals surface area contributed by atoms with Crippen LogP contribution in [0.2, 0.25) is 0 Å². The third-order valence-electron chi connectivity index (χ3n) is 2.31. The molecule has 0 N–H and O–H groups in total. The molecule has 1 aromatic rings. The third kappa shape index (κ3) is 2.00. The van der Waals surface area contributed by atoms with E-state index in [0.29, 0.717) is 0 Å². The number of fused-ring (bicyclic) bond motifs is 1. The average Bonchev–Trinajstić information content (AvgIpc) is 2.77. The van der Waals surface area contributed by atoms with Crippen molar-refractivity contribution in [2.75, 3.05) is 7.11 Å². The minimum Gasteiger partial charge on any atom is -0.496 e. The summed E-state index contributed by atoms with van der Waals surface area (Å²) < 4.78 is 6.02. The Bertz CT molecular complexity index is 578. The summed E-state index contributed by atoms with van der Waals surface area (Å²) in [5.41, 5.74) is 1.29. The van der Waals surface area contributed by atoms with Gasteiger partial charge in [-0.15, -0.1) is 0 Å². The number of thioether (sulfide) groups is 2. The summed E-state index contributed by atoms with van der Waals surface area (Å²) in [5.74, 6) is 0.785. The second-order valence-electron chi connectivity index (χ2n) is 3.33. The molecule has 3 nitrogen and oxygen atoms in total. The second-order valence-corrected chi connectivity index (χ2v) is 5.63. The molecule has 0 amide bonds. The Morgan fingerprint density at radius 1 is 1.18 bits per heavy atom. The zero-order valence-electron chi connectivity index (χ0n) is 9.27. The highest BCUT2D eigenvalue weighted by Gasteiger charge is 2.26. The van der Waals surface area contributed by atoms with Crippen LogP contribution in [-0.2, 0) is 0 Å². The van der Waals surface area contributed by atoms with Gasteiger partial charge in [-0.1, -0.05) is 29.6 Å². The van der Waals surface area contributed by atoms with E-state index in [-0.39, 0.29) is 5.57 Å². The molecule has 0 unspecified atom stereocenters. The summed E-state index contributed by atoms with van der Waals surface area (Å²) in [4.78, 5) is 2.07. The molecule has 2 rings (SSSR count). The lowest BCUT2D eigenvalue weighted by atomic mass is 10.2. The molecule has 0 atom stereocenters. The summed E-state index contributed by atoms with van der Waals surface area (Å²) in [6, 6.07) is 7.73. The molecule has 84 valence electrons. The maximum atomic E-state index is 8.87. The lowest BCUT2D eigenvalue weighted by molar-refractivity contribution is 0.402. The summed E-state index contributed by atoms with van der Waals surface area (Å²) >= 11 is 2.90. The number of nitriles is 2. The van der Waals surface area contributed by atoms with E-state index in [4.69, 9.17) is 15.3 Å². The minimum absolute atomic E-state index is 0.164. The van der Waals surface area contributed by atoms with Gasteiger partial charge >= 0.3 is 0 Å². The van der Waals surface area contributed by atoms with Crippen molar-refractivity contribution in [3.63, 3.8) is 0 Å². The first kappa shape index (κ1) is 11.9. The van der Waals surface area contributed by atoms with E-state index >= 15 is 0 Å². The molecule has 0 fully saturated rings. The summed E-state index contributed by atoms with van der Waals surface area (Å²) in [7, 11) is 1.62. The Kier molecular flexibility index (Phi) is 3.33. The van der Waals surface area contributed by atoms with Gasteiger partial charge in [-0.05, 0) is 18.6 Å². The van der Waals surface area contributed by atoms with Crippen LogP contribution in [-0.4, -0.2) is 7.11 Å². The molecule has 1 aromatic carbocycles. The Morgan fingerprint density at radius 2 is 1.82 bits per heavy atom. The Balaban J connectivity index is 2.55. The number of hydrogen-bond donors (Lipinski definition) is 0. The number of nitrogens with zero attached hydrogens (tertiary/aromatic N) is 2. The molecular weight excluding hydrogens is 252 g/mol. The van der Waals surface area contributed by atoms with Crippen molar-refractivity contribution in [1.29, 1.82) is 10.5 Å². The van der Waals surface area contributed by atoms with E-state index in [1.807, 2.05) is 31.2 Å². The van der Waals surface area contributed by atoms with Crippen LogP contribution >= 0.6 is 23.5 Å². The highest BCUT2D eigenvalue weighted by Crippen LogP contribution is 2.56. The molecule has 17 heavy (non-hydrogen) atoms. The van der Waals surface area contributed by atoms with Crippen molar-refractivity contribution in [2.45, 2.75) is 16.7 Å². The van der Waals surface area contributed by atoms with Gasteiger partial charge in [-0.2, -0.15) is 10.5 Å². The Labute approximate surface area is 108 Å². The van der Waals surface area contributed by atoms with Gasteiger partial charge in [-0.25, -0.2) is 0 Å². The summed E-state index contributed by atoms with van der Waals surface area (Å²) in [6.45, 7) is 2.01. The molecule has 0 aromatic heterocycles. The van der Waals surface area contributed by atoms with Gasteiger partial charge in [0, 0.05) is 4.90 Å². The molecular formula is C12H8N2OS2. The highest BCUT2D eigenvalue weighted by atomic mass is 32.2. The number of allylic oxidation sites excluding steroid dienone is 1. The molecule has 1 heterocycles. The first-order valence-electron chi connectivity index (χ1n) is 4.79. The average molecular weight is 260 g/mol. The van der Waals surface area contributed by atoms with Crippen molar-refractivity contribution in [3.05, 3.63) is 27.5 Å². The van der Waals surface area contributed by atoms with Crippen molar-refractivity contribution in [2.24, 2.45) is 0 Å². The molecule has 0 bridgehead atoms. The molecule has 0 aliphatic carbocycles. The number of methoxy groups -OCH3 is 1. The van der Waals surface area contributed by atoms with Crippen LogP contribution in [0.5, 0.6) is 5.75 Å². The van der Waals surface area contributed by atoms with Crippen LogP contribution in [0.4, 0.5) is 0 Å². The second kappa shape index (κ2) is 4.75. The zero-order valence-corrected chi connectivity index (χ0v) is 10.9. The standard InChI is InChI=1S/C12H8N2OS2/c1-7-3-4-9(15-2)11-10(7)16-12(17-11)8(5-13)6-14/h3-4H,1-2H3. The molecule has 0 saturated carbocycles. The third-order valence-corrected chi connectivity index (χ3v) is 5.06. The van der Waals surface area contributed by atoms with E-state index in [1.54, 1.807) is 7.11 Å². The Hall–Kier alpha value is -1.56. The van der Waals surface area contributed by atoms with Crippen molar-refractivity contribution >= 4 is 23.5 Å². The normalized spacial score (nSPS) is 12.6. The van der Waals surface area contributed by atoms with Gasteiger partial charge in [0.2, 0.25) is 0 Å². The number of benzene rings is 1. The quantitative estimate of drug-likeness (QED) is 0.724. The predicted octanol–water partition coefficient (Wildman–Crippen LogP) is 3.46. The fraction of sp³-hybridized carbons (Fsp3) is 0.167. The molecule has 1 aliphatic rings. The lowest BCUT2D eigenvalue weighted by Crippen LogP contribution is -1.87. The fourth-order valence-corrected chi connectivity index (χ4v) is 4.05. The molecule has 0 spiro atoms. The summed E-state index contributed by atoms with van der Waals surface area (Å²) in [6.07, 6.45) is 0. The fourth-order valence-electron chi connectivity index (χ4n) is 1.45. The Morgan fingerprint density at radius 3 is 2.41 bits per heavy atom. The van der Waals surface area contributed by atoms with Gasteiger partial charge in [-0.3, -0.25) is 0 Å². The molecule has 0 saturated heterocycles. The molecule has 5 heteroatoms. The van der Waals surface area contributed by atoms with Gasteiger partial charge in [0.1, 0.15) is 23.5 Å². The highest BCUT2D eigenvalue weighted by molar-refractivity contribution is 8.24. The largest absolute Gasteiger partial charge is 0.496 e. The predicted molar refractivity (Wildman–Crippen MR) is 67.7 cm³/mol. The van der Waals surface area contributed by atoms with Gasteiger partial charge < -0.3 is 4.74 Å². The van der Waals surface area contributed by atoms with E-state index in [9.17, 15) is 0 Å². The van der Waals surface area contributed by atoms with E-state index in [2.05, 4.69) is 0 Å². The van der Waals surface area contributed by atoms with Crippen molar-refractivity contribution in [3.8, 4) is 17.9 Å². The van der Waals surface area contributed by atoms with Crippen molar-refractivity contribution in [1.82, 2.24) is 0 Å². The van der Waals surface area contributed by atoms with Gasteiger partial charge in [0.25, 0.3) is 0 Å². The first-order chi connectivity index (χ1) is 8.21. The molecule has 0 radical (unpaired) electrons. The molecule has 1 aliphatic heterocycles. The van der Waals surface area contributed by atoms with E-state index in [0.717, 1.165) is 25.3 Å². The zero-order chi connectivity index (χ0) is 12.4. The minimum atomic E-state index is 0.164. The SMILES string of the molecule is COc1ccc(C)c2c1SC(=C(C#N)C#N)S2. The van der Waals surface area contributed by atoms with Crippen LogP contribution in [0.1, 0.15) is 5.56 Å². The van der Waals surface area contributed by atoms with Crippen LogP contribution in [0.25, 0.3) is 0 Å². The van der Waals surface area contributed by atoms with E-state index < -0.39 is 0 Å². The van der Waals surface area contributed by atoms with E-state index in [1.165, 1.54) is 23.5 Å². The van der Waals surface area contributed by atoms with Gasteiger partial charge in [0.15, 0.2) is 0 Å². The maximum absolute atomic E-state index is 8.87. The number of aryl methyl sites for hydroxylation is 1. The summed E-state index contributed by atoms with van der Waals surface area (Å²) in [5, 5.41) is 17.7. The first-order valence-corrected chi connectivity index (χ1v) is 6.42. The van der Waals surface area contributed by atoms with Crippen molar-refractivity contribution < 1.29 is 4.74 Å². The number of ether oxygens (including phenoxy) is 1. The van der Waals surface area contributed by atoms with Crippen LogP contribution in [0, 0.1) is 29.6 Å². The number of hydrogen-bond acceptors (Lipinski definition) is 5. The van der Waals surface area contributed by atoms with Gasteiger partial charge in [0.05, 0.1) is 16.2 Å². The smallest absolute Gasteiger partial charge is 0.150 e. The van der Waals surface area contributed by atoms with Crippen LogP contribution in [0.3, 0.4) is 0 Å². The monoisotopic (exact) mass is 260 g/mol. The van der Waals surface area contributed by atoms with Crippen LogP contribution in [0.15, 0.2) is 31.7 Å². The topological polar surface area (TPSA) is 56.8 Å². The number of rotatable bonds is 1. The lowest BCUT2D eigenvalue weighted by Gasteiger charge is -2.06. The maximum Gasteiger partial charge on any atom is 0.150 e.